The molecule has 160 valence electrons. The molecule has 0 unspecified atom stereocenters. The fourth-order valence-electron chi connectivity index (χ4n) is 3.33. The van der Waals surface area contributed by atoms with Gasteiger partial charge in [0.15, 0.2) is 0 Å². The molecule has 0 heterocycles. The van der Waals surface area contributed by atoms with Crippen molar-refractivity contribution in [3.63, 3.8) is 0 Å². The molecule has 0 amide bonds. The molecule has 27 heavy (non-hydrogen) atoms. The fraction of sp³-hybridized carbons (Fsp3) is 0.917. The standard InChI is InChI=1S/C18H35.2C3H7O.Al/c1-3-5-7-9-11-13-15-17-18-16-14-12-10-8-6-4-2;2*1-3(2)4;/h17-18H,1,3-16H2,2H3;2*3H,1-2H3;/q;2*-1;+2/b18-17-;;;. The van der Waals surface area contributed by atoms with Gasteiger partial charge >= 0.3 is 14.8 Å². The summed E-state index contributed by atoms with van der Waals surface area (Å²) in [4.78, 5) is 0. The van der Waals surface area contributed by atoms with Crippen LogP contribution in [0.25, 0.3) is 0 Å². The molecule has 0 atom stereocenters. The zero-order valence-corrected chi connectivity index (χ0v) is 20.5. The number of hydrogen-bond acceptors (Lipinski definition) is 2. The molecule has 0 aromatic rings. The molecule has 0 N–H and O–H groups in total. The van der Waals surface area contributed by atoms with E-state index in [1.165, 1.54) is 89.9 Å². The van der Waals surface area contributed by atoms with Crippen molar-refractivity contribution in [1.29, 1.82) is 0 Å². The second kappa shape index (κ2) is 20.9. The molecular formula is C24H49AlO2. The van der Waals surface area contributed by atoms with Gasteiger partial charge in [-0.25, -0.2) is 0 Å². The Balaban J connectivity index is 3.39. The van der Waals surface area contributed by atoms with Gasteiger partial charge in [-0.05, 0) is 58.7 Å². The predicted molar refractivity (Wildman–Crippen MR) is 122 cm³/mol. The van der Waals surface area contributed by atoms with E-state index in [1.54, 1.807) is 0 Å². The summed E-state index contributed by atoms with van der Waals surface area (Å²) in [6.07, 6.45) is 24.5. The number of hydrogen-bond donors (Lipinski definition) is 0. The van der Waals surface area contributed by atoms with Crippen molar-refractivity contribution >= 4 is 14.8 Å². The van der Waals surface area contributed by atoms with Crippen molar-refractivity contribution in [2.45, 2.75) is 142 Å². The van der Waals surface area contributed by atoms with Crippen molar-refractivity contribution in [3.8, 4) is 0 Å². The van der Waals surface area contributed by atoms with Gasteiger partial charge in [0.1, 0.15) is 0 Å². The second-order valence-corrected chi connectivity index (χ2v) is 10.5. The first-order valence-corrected chi connectivity index (χ1v) is 13.8. The minimum absolute atomic E-state index is 0.300. The molecule has 0 aliphatic heterocycles. The highest BCUT2D eigenvalue weighted by atomic mass is 27.2. The van der Waals surface area contributed by atoms with E-state index in [9.17, 15) is 0 Å². The predicted octanol–water partition coefficient (Wildman–Crippen LogP) is 8.36. The van der Waals surface area contributed by atoms with Crippen LogP contribution in [-0.2, 0) is 7.58 Å². The highest BCUT2D eigenvalue weighted by Crippen LogP contribution is 2.14. The Bertz CT molecular complexity index is 306. The third-order valence-corrected chi connectivity index (χ3v) is 7.37. The molecule has 3 heteroatoms. The average Bonchev–Trinajstić information content (AvgIpc) is 2.60. The van der Waals surface area contributed by atoms with Crippen LogP contribution in [0.3, 0.4) is 0 Å². The summed E-state index contributed by atoms with van der Waals surface area (Å²) in [6.45, 7) is 10.8. The fourth-order valence-corrected chi connectivity index (χ4v) is 5.51. The number of allylic oxidation sites excluding steroid dienone is 2. The van der Waals surface area contributed by atoms with Crippen LogP contribution in [0.1, 0.15) is 125 Å². The highest BCUT2D eigenvalue weighted by molar-refractivity contribution is 6.44. The quantitative estimate of drug-likeness (QED) is 0.117. The molecule has 0 bridgehead atoms. The summed E-state index contributed by atoms with van der Waals surface area (Å²) >= 11 is -1.45. The maximum atomic E-state index is 5.99. The van der Waals surface area contributed by atoms with E-state index in [2.05, 4.69) is 46.8 Å². The Morgan fingerprint density at radius 1 is 0.593 bits per heavy atom. The molecule has 0 spiro atoms. The van der Waals surface area contributed by atoms with Crippen LogP contribution in [0.15, 0.2) is 12.2 Å². The topological polar surface area (TPSA) is 18.5 Å². The van der Waals surface area contributed by atoms with Gasteiger partial charge in [-0.3, -0.25) is 0 Å². The lowest BCUT2D eigenvalue weighted by Gasteiger charge is -2.18. The van der Waals surface area contributed by atoms with E-state index in [0.717, 1.165) is 5.28 Å². The SMILES string of the molecule is CCCCCCCC/C=C\CCCCCCC[CH2][Al]([O]C(C)C)[O]C(C)C. The molecule has 0 aromatic carbocycles. The number of rotatable bonds is 20. The van der Waals surface area contributed by atoms with Crippen LogP contribution in [0.4, 0.5) is 0 Å². The Hall–Kier alpha value is 0.192. The second-order valence-electron chi connectivity index (χ2n) is 8.53. The van der Waals surface area contributed by atoms with Crippen molar-refractivity contribution < 1.29 is 7.58 Å². The molecule has 0 aliphatic rings. The normalized spacial score (nSPS) is 12.0. The molecule has 0 saturated carbocycles. The van der Waals surface area contributed by atoms with E-state index in [0.29, 0.717) is 12.2 Å². The van der Waals surface area contributed by atoms with E-state index >= 15 is 0 Å². The Morgan fingerprint density at radius 3 is 1.44 bits per heavy atom. The van der Waals surface area contributed by atoms with Crippen molar-refractivity contribution in [2.75, 3.05) is 0 Å². The smallest absolute Gasteiger partial charge is 0.476 e. The summed E-state index contributed by atoms with van der Waals surface area (Å²) in [5.41, 5.74) is 0. The van der Waals surface area contributed by atoms with Gasteiger partial charge in [-0.2, -0.15) is 0 Å². The van der Waals surface area contributed by atoms with Crippen LogP contribution in [0.5, 0.6) is 0 Å². The summed E-state index contributed by atoms with van der Waals surface area (Å²) in [5, 5.41) is 1.16. The van der Waals surface area contributed by atoms with E-state index in [4.69, 9.17) is 7.58 Å². The minimum Gasteiger partial charge on any atom is -0.476 e. The van der Waals surface area contributed by atoms with Crippen molar-refractivity contribution in [3.05, 3.63) is 12.2 Å². The van der Waals surface area contributed by atoms with E-state index < -0.39 is 14.8 Å². The molecular weight excluding hydrogens is 347 g/mol. The number of unbranched alkanes of at least 4 members (excludes halogenated alkanes) is 12. The first-order valence-electron chi connectivity index (χ1n) is 12.0. The molecule has 0 aliphatic carbocycles. The molecule has 0 aromatic heterocycles. The van der Waals surface area contributed by atoms with Crippen LogP contribution in [-0.4, -0.2) is 27.0 Å². The summed E-state index contributed by atoms with van der Waals surface area (Å²) in [7, 11) is 0. The van der Waals surface area contributed by atoms with Crippen LogP contribution < -0.4 is 0 Å². The van der Waals surface area contributed by atoms with Crippen LogP contribution >= 0.6 is 0 Å². The van der Waals surface area contributed by atoms with Gasteiger partial charge in [0.05, 0.1) is 0 Å². The molecule has 0 fully saturated rings. The molecule has 2 nitrogen and oxygen atoms in total. The summed E-state index contributed by atoms with van der Waals surface area (Å²) < 4.78 is 12.0. The van der Waals surface area contributed by atoms with E-state index in [1.807, 2.05) is 0 Å². The Labute approximate surface area is 176 Å². The largest absolute Gasteiger partial charge is 0.674 e. The highest BCUT2D eigenvalue weighted by Gasteiger charge is 2.26. The average molecular weight is 397 g/mol. The Kier molecular flexibility index (Phi) is 21.1. The first-order chi connectivity index (χ1) is 13.1. The maximum Gasteiger partial charge on any atom is 0.674 e. The van der Waals surface area contributed by atoms with Crippen LogP contribution in [0, 0.1) is 0 Å². The van der Waals surface area contributed by atoms with Gasteiger partial charge < -0.3 is 7.58 Å². The molecule has 0 saturated heterocycles. The van der Waals surface area contributed by atoms with Gasteiger partial charge in [-0.15, -0.1) is 0 Å². The molecule has 0 radical (unpaired) electrons. The first kappa shape index (κ1) is 27.2. The minimum atomic E-state index is -1.45. The summed E-state index contributed by atoms with van der Waals surface area (Å²) in [5.74, 6) is 0. The van der Waals surface area contributed by atoms with Crippen molar-refractivity contribution in [2.24, 2.45) is 0 Å². The lowest BCUT2D eigenvalue weighted by Crippen LogP contribution is -2.29. The monoisotopic (exact) mass is 396 g/mol. The lowest BCUT2D eigenvalue weighted by molar-refractivity contribution is 0.129. The van der Waals surface area contributed by atoms with Gasteiger partial charge in [-0.1, -0.05) is 83.3 Å². The third kappa shape index (κ3) is 22.3. The lowest BCUT2D eigenvalue weighted by atomic mass is 10.1. The zero-order chi connectivity index (χ0) is 20.2. The zero-order valence-electron chi connectivity index (χ0n) is 19.3. The van der Waals surface area contributed by atoms with Gasteiger partial charge in [0.25, 0.3) is 0 Å². The van der Waals surface area contributed by atoms with Gasteiger partial charge in [0, 0.05) is 12.2 Å². The summed E-state index contributed by atoms with van der Waals surface area (Å²) in [6, 6.07) is 0. The van der Waals surface area contributed by atoms with Crippen molar-refractivity contribution in [1.82, 2.24) is 0 Å². The van der Waals surface area contributed by atoms with Gasteiger partial charge in [0.2, 0.25) is 0 Å². The van der Waals surface area contributed by atoms with E-state index in [-0.39, 0.29) is 0 Å². The maximum absolute atomic E-state index is 5.99. The Morgan fingerprint density at radius 2 is 1.00 bits per heavy atom. The molecule has 0 rings (SSSR count). The third-order valence-electron chi connectivity index (χ3n) is 4.80. The van der Waals surface area contributed by atoms with Crippen LogP contribution in [0.2, 0.25) is 5.28 Å².